The van der Waals surface area contributed by atoms with Gasteiger partial charge in [-0.1, -0.05) is 0 Å². The van der Waals surface area contributed by atoms with Gasteiger partial charge in [0.1, 0.15) is 0 Å². The number of benzene rings is 1. The van der Waals surface area contributed by atoms with E-state index < -0.39 is 4.92 Å². The Morgan fingerprint density at radius 2 is 2.29 bits per heavy atom. The number of ether oxygens (including phenoxy) is 1. The van der Waals surface area contributed by atoms with Crippen molar-refractivity contribution in [2.45, 2.75) is 11.8 Å². The molecule has 0 spiro atoms. The maximum Gasteiger partial charge on any atom is 0.316 e. The summed E-state index contributed by atoms with van der Waals surface area (Å²) in [5, 5.41) is 10.5. The molecule has 0 radical (unpaired) electrons. The molecule has 0 atom stereocenters. The molecule has 0 bridgehead atoms. The number of hydrogen-bond donors (Lipinski definition) is 1. The van der Waals surface area contributed by atoms with Crippen molar-refractivity contribution < 1.29 is 14.5 Å². The second kappa shape index (κ2) is 6.09. The summed E-state index contributed by atoms with van der Waals surface area (Å²) >= 11 is 1.19. The van der Waals surface area contributed by atoms with Crippen LogP contribution in [0.3, 0.4) is 0 Å². The van der Waals surface area contributed by atoms with Crippen LogP contribution in [0.15, 0.2) is 23.1 Å². The van der Waals surface area contributed by atoms with Crippen LogP contribution in [0.5, 0.6) is 0 Å². The third-order valence-electron chi connectivity index (χ3n) is 1.86. The summed E-state index contributed by atoms with van der Waals surface area (Å²) in [7, 11) is 0. The Kier molecular flexibility index (Phi) is 4.77. The molecule has 6 nitrogen and oxygen atoms in total. The maximum absolute atomic E-state index is 11.1. The molecule has 0 unspecified atom stereocenters. The Morgan fingerprint density at radius 1 is 1.59 bits per heavy atom. The average Bonchev–Trinajstić information content (AvgIpc) is 2.27. The second-order valence-electron chi connectivity index (χ2n) is 3.07. The molecule has 1 aromatic carbocycles. The van der Waals surface area contributed by atoms with Crippen molar-refractivity contribution in [2.24, 2.45) is 0 Å². The number of hydrogen-bond acceptors (Lipinski definition) is 6. The zero-order valence-electron chi connectivity index (χ0n) is 9.21. The lowest BCUT2D eigenvalue weighted by atomic mass is 10.3. The van der Waals surface area contributed by atoms with E-state index >= 15 is 0 Å². The van der Waals surface area contributed by atoms with Gasteiger partial charge in [0.2, 0.25) is 0 Å². The van der Waals surface area contributed by atoms with Crippen LogP contribution >= 0.6 is 11.8 Å². The van der Waals surface area contributed by atoms with Crippen LogP contribution in [0.25, 0.3) is 0 Å². The molecule has 2 N–H and O–H groups in total. The normalized spacial score (nSPS) is 9.94. The molecule has 0 amide bonds. The van der Waals surface area contributed by atoms with Crippen LogP contribution in [-0.4, -0.2) is 23.3 Å². The number of anilines is 1. The molecular weight excluding hydrogens is 244 g/mol. The predicted octanol–water partition coefficient (Wildman–Crippen LogP) is 1.83. The molecule has 92 valence electrons. The van der Waals surface area contributed by atoms with Crippen LogP contribution in [-0.2, 0) is 9.53 Å². The van der Waals surface area contributed by atoms with Gasteiger partial charge in [-0.25, -0.2) is 0 Å². The molecule has 17 heavy (non-hydrogen) atoms. The summed E-state index contributed by atoms with van der Waals surface area (Å²) < 4.78 is 4.76. The molecule has 0 fully saturated rings. The molecule has 0 aliphatic rings. The first kappa shape index (κ1) is 13.3. The van der Waals surface area contributed by atoms with Crippen LogP contribution < -0.4 is 5.73 Å². The van der Waals surface area contributed by atoms with Crippen molar-refractivity contribution in [2.75, 3.05) is 18.1 Å². The quantitative estimate of drug-likeness (QED) is 0.284. The SMILES string of the molecule is CCOC(=O)CSc1ccc([N+](=O)[O-])cc1N. The highest BCUT2D eigenvalue weighted by Gasteiger charge is 2.10. The zero-order chi connectivity index (χ0) is 12.8. The first-order valence-corrected chi connectivity index (χ1v) is 5.85. The number of thioether (sulfide) groups is 1. The number of nitrogens with two attached hydrogens (primary N) is 1. The Balaban J connectivity index is 2.66. The van der Waals surface area contributed by atoms with E-state index in [1.54, 1.807) is 6.92 Å². The summed E-state index contributed by atoms with van der Waals surface area (Å²) in [5.41, 5.74) is 5.86. The minimum absolute atomic E-state index is 0.0667. The Morgan fingerprint density at radius 3 is 2.82 bits per heavy atom. The fourth-order valence-corrected chi connectivity index (χ4v) is 1.87. The average molecular weight is 256 g/mol. The fraction of sp³-hybridized carbons (Fsp3) is 0.300. The number of rotatable bonds is 5. The monoisotopic (exact) mass is 256 g/mol. The summed E-state index contributed by atoms with van der Waals surface area (Å²) in [6.45, 7) is 2.05. The van der Waals surface area contributed by atoms with Gasteiger partial charge in [-0.15, -0.1) is 11.8 Å². The van der Waals surface area contributed by atoms with Gasteiger partial charge in [-0.3, -0.25) is 14.9 Å². The molecular formula is C10H12N2O4S. The van der Waals surface area contributed by atoms with Gasteiger partial charge in [0.15, 0.2) is 0 Å². The number of non-ortho nitro benzene ring substituents is 1. The first-order valence-electron chi connectivity index (χ1n) is 4.87. The molecule has 0 aliphatic heterocycles. The van der Waals surface area contributed by atoms with Gasteiger partial charge in [-0.05, 0) is 13.0 Å². The van der Waals surface area contributed by atoms with Crippen LogP contribution in [0.4, 0.5) is 11.4 Å². The van der Waals surface area contributed by atoms with Crippen LogP contribution in [0.1, 0.15) is 6.92 Å². The highest BCUT2D eigenvalue weighted by Crippen LogP contribution is 2.28. The molecule has 7 heteroatoms. The highest BCUT2D eigenvalue weighted by molar-refractivity contribution is 8.00. The van der Waals surface area contributed by atoms with Crippen molar-refractivity contribution in [1.29, 1.82) is 0 Å². The maximum atomic E-state index is 11.1. The van der Waals surface area contributed by atoms with E-state index in [1.165, 1.54) is 30.0 Å². The largest absolute Gasteiger partial charge is 0.465 e. The van der Waals surface area contributed by atoms with E-state index in [0.29, 0.717) is 11.5 Å². The van der Waals surface area contributed by atoms with Gasteiger partial charge in [0.25, 0.3) is 5.69 Å². The van der Waals surface area contributed by atoms with Crippen molar-refractivity contribution in [1.82, 2.24) is 0 Å². The smallest absolute Gasteiger partial charge is 0.316 e. The summed E-state index contributed by atoms with van der Waals surface area (Å²) in [4.78, 5) is 21.7. The number of nitro groups is 1. The molecule has 1 aromatic rings. The van der Waals surface area contributed by atoms with Gasteiger partial charge in [0, 0.05) is 17.0 Å². The van der Waals surface area contributed by atoms with Crippen molar-refractivity contribution in [3.8, 4) is 0 Å². The van der Waals surface area contributed by atoms with E-state index in [0.717, 1.165) is 0 Å². The van der Waals surface area contributed by atoms with E-state index in [2.05, 4.69) is 0 Å². The minimum atomic E-state index is -0.518. The van der Waals surface area contributed by atoms with E-state index in [4.69, 9.17) is 10.5 Å². The third kappa shape index (κ3) is 3.95. The van der Waals surface area contributed by atoms with Crippen LogP contribution in [0, 0.1) is 10.1 Å². The third-order valence-corrected chi connectivity index (χ3v) is 2.92. The predicted molar refractivity (Wildman–Crippen MR) is 64.9 cm³/mol. The molecule has 1 rings (SSSR count). The first-order chi connectivity index (χ1) is 8.04. The molecule has 0 saturated heterocycles. The second-order valence-corrected chi connectivity index (χ2v) is 4.09. The standard InChI is InChI=1S/C10H12N2O4S/c1-2-16-10(13)6-17-9-4-3-7(12(14)15)5-8(9)11/h3-5H,2,6,11H2,1H3. The summed E-state index contributed by atoms with van der Waals surface area (Å²) in [5.74, 6) is -0.203. The number of nitrogens with zero attached hydrogens (tertiary/aromatic N) is 1. The Labute approximate surface area is 102 Å². The fourth-order valence-electron chi connectivity index (χ4n) is 1.12. The van der Waals surface area contributed by atoms with E-state index in [-0.39, 0.29) is 23.1 Å². The number of esters is 1. The van der Waals surface area contributed by atoms with Gasteiger partial charge < -0.3 is 10.5 Å². The van der Waals surface area contributed by atoms with Crippen LogP contribution in [0.2, 0.25) is 0 Å². The van der Waals surface area contributed by atoms with E-state index in [1.807, 2.05) is 0 Å². The number of carbonyl (C=O) groups is 1. The lowest BCUT2D eigenvalue weighted by Gasteiger charge is -2.04. The summed E-state index contributed by atoms with van der Waals surface area (Å²) in [6, 6.07) is 4.15. The molecule has 0 aliphatic carbocycles. The van der Waals surface area contributed by atoms with Gasteiger partial charge in [-0.2, -0.15) is 0 Å². The zero-order valence-corrected chi connectivity index (χ0v) is 10.0. The number of nitrogen functional groups attached to an aromatic ring is 1. The van der Waals surface area contributed by atoms with Gasteiger partial charge in [0.05, 0.1) is 23.0 Å². The van der Waals surface area contributed by atoms with Crippen molar-refractivity contribution in [3.05, 3.63) is 28.3 Å². The molecule has 0 heterocycles. The lowest BCUT2D eigenvalue weighted by Crippen LogP contribution is -2.06. The Bertz CT molecular complexity index is 436. The lowest BCUT2D eigenvalue weighted by molar-refractivity contribution is -0.384. The number of carbonyl (C=O) groups excluding carboxylic acids is 1. The highest BCUT2D eigenvalue weighted by atomic mass is 32.2. The van der Waals surface area contributed by atoms with E-state index in [9.17, 15) is 14.9 Å². The Hall–Kier alpha value is -1.76. The summed E-state index contributed by atoms with van der Waals surface area (Å²) in [6.07, 6.45) is 0. The minimum Gasteiger partial charge on any atom is -0.465 e. The number of nitro benzene ring substituents is 1. The van der Waals surface area contributed by atoms with Crippen molar-refractivity contribution in [3.63, 3.8) is 0 Å². The molecule has 0 aromatic heterocycles. The van der Waals surface area contributed by atoms with Crippen molar-refractivity contribution >= 4 is 29.1 Å². The topological polar surface area (TPSA) is 95.5 Å². The van der Waals surface area contributed by atoms with Gasteiger partial charge >= 0.3 is 5.97 Å². The molecule has 0 saturated carbocycles.